The van der Waals surface area contributed by atoms with Crippen molar-refractivity contribution in [2.24, 2.45) is 0 Å². The van der Waals surface area contributed by atoms with Gasteiger partial charge in [0.25, 0.3) is 0 Å². The highest BCUT2D eigenvalue weighted by molar-refractivity contribution is 6.30. The second-order valence-electron chi connectivity index (χ2n) is 5.08. The number of likely N-dealkylation sites (tertiary alicyclic amines) is 1. The number of halogens is 1. The maximum atomic E-state index is 9.21. The van der Waals surface area contributed by atoms with Gasteiger partial charge in [-0.05, 0) is 44.1 Å². The van der Waals surface area contributed by atoms with Crippen LogP contribution in [0, 0.1) is 11.3 Å². The molecule has 0 aromatic heterocycles. The predicted molar refractivity (Wildman–Crippen MR) is 79.7 cm³/mol. The molecule has 2 rings (SSSR count). The Morgan fingerprint density at radius 1 is 1.53 bits per heavy atom. The molecule has 1 aliphatic heterocycles. The van der Waals surface area contributed by atoms with Crippen molar-refractivity contribution in [1.82, 2.24) is 4.90 Å². The Bertz CT molecular complexity index is 481. The van der Waals surface area contributed by atoms with Gasteiger partial charge in [0, 0.05) is 24.7 Å². The van der Waals surface area contributed by atoms with E-state index in [1.54, 1.807) is 6.07 Å². The summed E-state index contributed by atoms with van der Waals surface area (Å²) in [6, 6.07) is 8.34. The lowest BCUT2D eigenvalue weighted by Gasteiger charge is -2.29. The van der Waals surface area contributed by atoms with Crippen molar-refractivity contribution in [1.29, 1.82) is 5.26 Å². The molecule has 0 radical (unpaired) electrons. The fourth-order valence-corrected chi connectivity index (χ4v) is 3.04. The highest BCUT2D eigenvalue weighted by Gasteiger charge is 2.24. The van der Waals surface area contributed by atoms with Gasteiger partial charge in [0.1, 0.15) is 6.07 Å². The van der Waals surface area contributed by atoms with E-state index in [2.05, 4.69) is 29.8 Å². The molecule has 0 N–H and O–H groups in total. The molecule has 1 aliphatic rings. The average molecular weight is 278 g/mol. The van der Waals surface area contributed by atoms with E-state index in [0.717, 1.165) is 18.8 Å². The number of anilines is 1. The van der Waals surface area contributed by atoms with E-state index in [4.69, 9.17) is 11.6 Å². The van der Waals surface area contributed by atoms with Gasteiger partial charge in [-0.2, -0.15) is 5.26 Å². The van der Waals surface area contributed by atoms with Crippen LogP contribution in [0.3, 0.4) is 0 Å². The van der Waals surface area contributed by atoms with Crippen LogP contribution in [0.25, 0.3) is 0 Å². The number of benzene rings is 1. The van der Waals surface area contributed by atoms with Crippen LogP contribution in [-0.4, -0.2) is 37.6 Å². The first-order valence-electron chi connectivity index (χ1n) is 6.80. The molecular weight excluding hydrogens is 258 g/mol. The third-order valence-corrected chi connectivity index (χ3v) is 4.12. The lowest BCUT2D eigenvalue weighted by atomic mass is 10.1. The molecule has 1 fully saturated rings. The standard InChI is InChI=1S/C15H20ClN3/c1-3-19-8-4-5-14(19)11-18(2)15-7-6-13(16)9-12(15)10-17/h6-7,9,14H,3-5,8,11H2,1-2H3. The van der Waals surface area contributed by atoms with Crippen molar-refractivity contribution >= 4 is 17.3 Å². The molecule has 1 heterocycles. The monoisotopic (exact) mass is 277 g/mol. The highest BCUT2D eigenvalue weighted by atomic mass is 35.5. The van der Waals surface area contributed by atoms with Gasteiger partial charge in [0.15, 0.2) is 0 Å². The molecule has 0 aliphatic carbocycles. The molecule has 0 bridgehead atoms. The lowest BCUT2D eigenvalue weighted by molar-refractivity contribution is 0.270. The van der Waals surface area contributed by atoms with Crippen LogP contribution in [0.1, 0.15) is 25.3 Å². The molecule has 1 aromatic carbocycles. The number of hydrogen-bond donors (Lipinski definition) is 0. The zero-order valence-corrected chi connectivity index (χ0v) is 12.3. The van der Waals surface area contributed by atoms with E-state index < -0.39 is 0 Å². The van der Waals surface area contributed by atoms with E-state index in [9.17, 15) is 5.26 Å². The number of rotatable bonds is 4. The van der Waals surface area contributed by atoms with E-state index in [-0.39, 0.29) is 0 Å². The lowest BCUT2D eigenvalue weighted by Crippen LogP contribution is -2.38. The summed E-state index contributed by atoms with van der Waals surface area (Å²) in [4.78, 5) is 4.69. The molecule has 1 saturated heterocycles. The SMILES string of the molecule is CCN1CCCC1CN(C)c1ccc(Cl)cc1C#N. The van der Waals surface area contributed by atoms with Gasteiger partial charge in [-0.3, -0.25) is 4.90 Å². The number of likely N-dealkylation sites (N-methyl/N-ethyl adjacent to an activating group) is 2. The smallest absolute Gasteiger partial charge is 0.101 e. The summed E-state index contributed by atoms with van der Waals surface area (Å²) in [7, 11) is 2.05. The Morgan fingerprint density at radius 2 is 2.32 bits per heavy atom. The van der Waals surface area contributed by atoms with Gasteiger partial charge in [0.05, 0.1) is 11.3 Å². The predicted octanol–water partition coefficient (Wildman–Crippen LogP) is 3.13. The summed E-state index contributed by atoms with van der Waals surface area (Å²) in [5.74, 6) is 0. The average Bonchev–Trinajstić information content (AvgIpc) is 2.85. The molecule has 19 heavy (non-hydrogen) atoms. The zero-order chi connectivity index (χ0) is 13.8. The van der Waals surface area contributed by atoms with Gasteiger partial charge in [-0.25, -0.2) is 0 Å². The van der Waals surface area contributed by atoms with Gasteiger partial charge in [0.2, 0.25) is 0 Å². The van der Waals surface area contributed by atoms with Crippen molar-refractivity contribution in [3.05, 3.63) is 28.8 Å². The van der Waals surface area contributed by atoms with E-state index >= 15 is 0 Å². The molecule has 1 atom stereocenters. The van der Waals surface area contributed by atoms with Crippen LogP contribution in [0.15, 0.2) is 18.2 Å². The van der Waals surface area contributed by atoms with Gasteiger partial charge in [-0.15, -0.1) is 0 Å². The Balaban J connectivity index is 2.12. The molecule has 3 nitrogen and oxygen atoms in total. The van der Waals surface area contributed by atoms with Crippen LogP contribution in [-0.2, 0) is 0 Å². The first-order chi connectivity index (χ1) is 9.15. The van der Waals surface area contributed by atoms with Crippen LogP contribution < -0.4 is 4.90 Å². The van der Waals surface area contributed by atoms with Gasteiger partial charge < -0.3 is 4.90 Å². The van der Waals surface area contributed by atoms with Crippen molar-refractivity contribution in [3.8, 4) is 6.07 Å². The van der Waals surface area contributed by atoms with E-state index in [1.807, 2.05) is 12.1 Å². The van der Waals surface area contributed by atoms with Crippen molar-refractivity contribution in [2.75, 3.05) is 31.6 Å². The van der Waals surface area contributed by atoms with E-state index in [0.29, 0.717) is 16.6 Å². The number of nitrogens with zero attached hydrogens (tertiary/aromatic N) is 3. The van der Waals surface area contributed by atoms with E-state index in [1.165, 1.54) is 19.4 Å². The first-order valence-corrected chi connectivity index (χ1v) is 7.18. The Labute approximate surface area is 120 Å². The van der Waals surface area contributed by atoms with Gasteiger partial charge >= 0.3 is 0 Å². The summed E-state index contributed by atoms with van der Waals surface area (Å²) in [6.45, 7) is 5.47. The topological polar surface area (TPSA) is 30.3 Å². The molecule has 1 aromatic rings. The van der Waals surface area contributed by atoms with Crippen LogP contribution in [0.4, 0.5) is 5.69 Å². The minimum atomic E-state index is 0.595. The van der Waals surface area contributed by atoms with Gasteiger partial charge in [-0.1, -0.05) is 18.5 Å². The zero-order valence-electron chi connectivity index (χ0n) is 11.6. The molecule has 0 spiro atoms. The Hall–Kier alpha value is -1.24. The second kappa shape index (κ2) is 6.27. The molecule has 0 amide bonds. The summed E-state index contributed by atoms with van der Waals surface area (Å²) in [6.07, 6.45) is 2.52. The summed E-state index contributed by atoms with van der Waals surface area (Å²) in [5.41, 5.74) is 1.62. The summed E-state index contributed by atoms with van der Waals surface area (Å²) in [5, 5.41) is 9.82. The summed E-state index contributed by atoms with van der Waals surface area (Å²) < 4.78 is 0. The number of nitriles is 1. The normalized spacial score (nSPS) is 19.4. The minimum Gasteiger partial charge on any atom is -0.372 e. The first kappa shape index (κ1) is 14.2. The molecular formula is C15H20ClN3. The Kier molecular flexibility index (Phi) is 4.68. The fraction of sp³-hybridized carbons (Fsp3) is 0.533. The largest absolute Gasteiger partial charge is 0.372 e. The van der Waals surface area contributed by atoms with Crippen LogP contribution >= 0.6 is 11.6 Å². The molecule has 1 unspecified atom stereocenters. The number of hydrogen-bond acceptors (Lipinski definition) is 3. The second-order valence-corrected chi connectivity index (χ2v) is 5.51. The maximum absolute atomic E-state index is 9.21. The quantitative estimate of drug-likeness (QED) is 0.847. The molecule has 102 valence electrons. The Morgan fingerprint density at radius 3 is 3.00 bits per heavy atom. The van der Waals surface area contributed by atoms with Crippen molar-refractivity contribution in [3.63, 3.8) is 0 Å². The molecule has 4 heteroatoms. The van der Waals surface area contributed by atoms with Crippen LogP contribution in [0.5, 0.6) is 0 Å². The fourth-order valence-electron chi connectivity index (χ4n) is 2.86. The maximum Gasteiger partial charge on any atom is 0.101 e. The minimum absolute atomic E-state index is 0.595. The summed E-state index contributed by atoms with van der Waals surface area (Å²) >= 11 is 5.94. The third-order valence-electron chi connectivity index (χ3n) is 3.88. The van der Waals surface area contributed by atoms with Crippen LogP contribution in [0.2, 0.25) is 5.02 Å². The highest BCUT2D eigenvalue weighted by Crippen LogP contribution is 2.25. The molecule has 0 saturated carbocycles. The third kappa shape index (κ3) is 3.20. The van der Waals surface area contributed by atoms with Crippen molar-refractivity contribution in [2.45, 2.75) is 25.8 Å². The van der Waals surface area contributed by atoms with Crippen molar-refractivity contribution < 1.29 is 0 Å².